The molecule has 2 heterocycles. The van der Waals surface area contributed by atoms with Crippen LogP contribution in [0.4, 0.5) is 4.39 Å². The van der Waals surface area contributed by atoms with Crippen LogP contribution in [0.1, 0.15) is 34.6 Å². The molecule has 0 N–H and O–H groups in total. The van der Waals surface area contributed by atoms with Gasteiger partial charge in [0, 0.05) is 25.1 Å². The Bertz CT molecular complexity index is 915. The molecule has 0 atom stereocenters. The van der Waals surface area contributed by atoms with Crippen LogP contribution in [0.2, 0.25) is 0 Å². The summed E-state index contributed by atoms with van der Waals surface area (Å²) >= 11 is 0. The van der Waals surface area contributed by atoms with E-state index in [1.165, 1.54) is 17.7 Å². The molecule has 1 amide bonds. The minimum absolute atomic E-state index is 0.0225. The number of piperidine rings is 1. The molecule has 1 aliphatic rings. The standard InChI is InChI=1S/C22H23FN4O/c23-20-8-6-19(7-9-20)22(28)26-12-10-17(11-13-26)14-21-25-24-16-27(21)15-18-4-2-1-3-5-18/h1-9,16-17H,10-15H2. The van der Waals surface area contributed by atoms with Crippen molar-refractivity contribution in [2.75, 3.05) is 13.1 Å². The average molecular weight is 378 g/mol. The van der Waals surface area contributed by atoms with Gasteiger partial charge < -0.3 is 9.47 Å². The van der Waals surface area contributed by atoms with Gasteiger partial charge >= 0.3 is 0 Å². The third-order valence-corrected chi connectivity index (χ3v) is 5.36. The summed E-state index contributed by atoms with van der Waals surface area (Å²) in [6.07, 6.45) is 4.52. The topological polar surface area (TPSA) is 51.0 Å². The van der Waals surface area contributed by atoms with E-state index in [1.807, 2.05) is 23.1 Å². The molecule has 0 radical (unpaired) electrons. The van der Waals surface area contributed by atoms with Gasteiger partial charge in [-0.05, 0) is 48.6 Å². The first-order valence-electron chi connectivity index (χ1n) is 9.64. The quantitative estimate of drug-likeness (QED) is 0.682. The highest BCUT2D eigenvalue weighted by molar-refractivity contribution is 5.94. The predicted octanol–water partition coefficient (Wildman–Crippen LogP) is 3.56. The van der Waals surface area contributed by atoms with Crippen molar-refractivity contribution in [2.24, 2.45) is 5.92 Å². The lowest BCUT2D eigenvalue weighted by Gasteiger charge is -2.32. The Kier molecular flexibility index (Phi) is 5.46. The smallest absolute Gasteiger partial charge is 0.253 e. The van der Waals surface area contributed by atoms with Crippen LogP contribution < -0.4 is 0 Å². The number of carbonyl (C=O) groups is 1. The van der Waals surface area contributed by atoms with E-state index < -0.39 is 0 Å². The third-order valence-electron chi connectivity index (χ3n) is 5.36. The van der Waals surface area contributed by atoms with E-state index in [0.717, 1.165) is 31.6 Å². The van der Waals surface area contributed by atoms with Gasteiger partial charge in [-0.15, -0.1) is 10.2 Å². The molecule has 0 unspecified atom stereocenters. The summed E-state index contributed by atoms with van der Waals surface area (Å²) < 4.78 is 15.2. The second-order valence-corrected chi connectivity index (χ2v) is 7.31. The minimum atomic E-state index is -0.324. The zero-order valence-corrected chi connectivity index (χ0v) is 15.7. The van der Waals surface area contributed by atoms with Crippen molar-refractivity contribution in [3.8, 4) is 0 Å². The zero-order chi connectivity index (χ0) is 19.3. The minimum Gasteiger partial charge on any atom is -0.339 e. The van der Waals surface area contributed by atoms with Crippen LogP contribution in [0.5, 0.6) is 0 Å². The molecule has 28 heavy (non-hydrogen) atoms. The van der Waals surface area contributed by atoms with E-state index in [2.05, 4.69) is 26.9 Å². The molecule has 6 heteroatoms. The van der Waals surface area contributed by atoms with E-state index in [-0.39, 0.29) is 11.7 Å². The van der Waals surface area contributed by atoms with E-state index in [9.17, 15) is 9.18 Å². The van der Waals surface area contributed by atoms with Gasteiger partial charge in [0.05, 0.1) is 6.54 Å². The van der Waals surface area contributed by atoms with Crippen molar-refractivity contribution < 1.29 is 9.18 Å². The highest BCUT2D eigenvalue weighted by Gasteiger charge is 2.25. The van der Waals surface area contributed by atoms with Crippen LogP contribution in [-0.4, -0.2) is 38.7 Å². The Morgan fingerprint density at radius 2 is 1.75 bits per heavy atom. The summed E-state index contributed by atoms with van der Waals surface area (Å²) in [6.45, 7) is 2.20. The zero-order valence-electron chi connectivity index (χ0n) is 15.7. The van der Waals surface area contributed by atoms with Gasteiger partial charge in [-0.2, -0.15) is 0 Å². The first kappa shape index (κ1) is 18.3. The van der Waals surface area contributed by atoms with E-state index in [4.69, 9.17) is 0 Å². The number of amides is 1. The van der Waals surface area contributed by atoms with E-state index in [1.54, 1.807) is 18.5 Å². The molecule has 4 rings (SSSR count). The highest BCUT2D eigenvalue weighted by Crippen LogP contribution is 2.22. The Hall–Kier alpha value is -3.02. The van der Waals surface area contributed by atoms with Crippen LogP contribution in [0.25, 0.3) is 0 Å². The molecule has 2 aromatic carbocycles. The van der Waals surface area contributed by atoms with Crippen molar-refractivity contribution in [1.82, 2.24) is 19.7 Å². The fourth-order valence-electron chi connectivity index (χ4n) is 3.72. The van der Waals surface area contributed by atoms with Gasteiger partial charge in [-0.25, -0.2) is 4.39 Å². The van der Waals surface area contributed by atoms with Crippen LogP contribution in [0, 0.1) is 11.7 Å². The van der Waals surface area contributed by atoms with Crippen LogP contribution >= 0.6 is 0 Å². The SMILES string of the molecule is O=C(c1ccc(F)cc1)N1CCC(Cc2nncn2Cc2ccccc2)CC1. The molecular weight excluding hydrogens is 355 g/mol. The summed E-state index contributed by atoms with van der Waals surface area (Å²) in [5, 5.41) is 8.40. The number of hydrogen-bond donors (Lipinski definition) is 0. The summed E-state index contributed by atoms with van der Waals surface area (Å²) in [5.74, 6) is 1.13. The normalized spacial score (nSPS) is 15.0. The molecular formula is C22H23FN4O. The van der Waals surface area contributed by atoms with Gasteiger partial charge in [0.2, 0.25) is 0 Å². The highest BCUT2D eigenvalue weighted by atomic mass is 19.1. The monoisotopic (exact) mass is 378 g/mol. The maximum atomic E-state index is 13.1. The molecule has 1 aliphatic heterocycles. The molecule has 0 spiro atoms. The molecule has 5 nitrogen and oxygen atoms in total. The van der Waals surface area contributed by atoms with Gasteiger partial charge in [0.15, 0.2) is 0 Å². The van der Waals surface area contributed by atoms with Crippen LogP contribution in [-0.2, 0) is 13.0 Å². The van der Waals surface area contributed by atoms with E-state index in [0.29, 0.717) is 24.6 Å². The number of likely N-dealkylation sites (tertiary alicyclic amines) is 1. The molecule has 1 fully saturated rings. The Morgan fingerprint density at radius 1 is 1.04 bits per heavy atom. The molecule has 1 aromatic heterocycles. The van der Waals surface area contributed by atoms with Gasteiger partial charge in [0.1, 0.15) is 18.0 Å². The Morgan fingerprint density at radius 3 is 2.46 bits per heavy atom. The first-order valence-corrected chi connectivity index (χ1v) is 9.64. The summed E-state index contributed by atoms with van der Waals surface area (Å²) in [4.78, 5) is 14.4. The van der Waals surface area contributed by atoms with Crippen molar-refractivity contribution in [2.45, 2.75) is 25.8 Å². The number of halogens is 1. The summed E-state index contributed by atoms with van der Waals surface area (Å²) in [6, 6.07) is 16.1. The van der Waals surface area contributed by atoms with Crippen molar-refractivity contribution >= 4 is 5.91 Å². The van der Waals surface area contributed by atoms with E-state index >= 15 is 0 Å². The maximum Gasteiger partial charge on any atom is 0.253 e. The molecule has 0 aliphatic carbocycles. The lowest BCUT2D eigenvalue weighted by atomic mass is 9.92. The fourth-order valence-corrected chi connectivity index (χ4v) is 3.72. The first-order chi connectivity index (χ1) is 13.7. The van der Waals surface area contributed by atoms with Gasteiger partial charge in [0.25, 0.3) is 5.91 Å². The van der Waals surface area contributed by atoms with Gasteiger partial charge in [-0.3, -0.25) is 4.79 Å². The maximum absolute atomic E-state index is 13.1. The van der Waals surface area contributed by atoms with Crippen LogP contribution in [0.15, 0.2) is 60.9 Å². The fraction of sp³-hybridized carbons (Fsp3) is 0.318. The largest absolute Gasteiger partial charge is 0.339 e. The number of carbonyl (C=O) groups excluding carboxylic acids is 1. The Balaban J connectivity index is 1.33. The lowest BCUT2D eigenvalue weighted by Crippen LogP contribution is -2.39. The van der Waals surface area contributed by atoms with Crippen molar-refractivity contribution in [1.29, 1.82) is 0 Å². The Labute approximate surface area is 163 Å². The number of aromatic nitrogens is 3. The molecule has 0 saturated carbocycles. The number of nitrogens with zero attached hydrogens (tertiary/aromatic N) is 4. The van der Waals surface area contributed by atoms with Gasteiger partial charge in [-0.1, -0.05) is 30.3 Å². The summed E-state index contributed by atoms with van der Waals surface area (Å²) in [7, 11) is 0. The third kappa shape index (κ3) is 4.27. The lowest BCUT2D eigenvalue weighted by molar-refractivity contribution is 0.0689. The van der Waals surface area contributed by atoms with Crippen molar-refractivity contribution in [3.05, 3.63) is 83.7 Å². The molecule has 0 bridgehead atoms. The molecule has 1 saturated heterocycles. The number of hydrogen-bond acceptors (Lipinski definition) is 3. The van der Waals surface area contributed by atoms with Crippen LogP contribution in [0.3, 0.4) is 0 Å². The second-order valence-electron chi connectivity index (χ2n) is 7.31. The second kappa shape index (κ2) is 8.33. The molecule has 144 valence electrons. The number of benzene rings is 2. The molecule has 3 aromatic rings. The average Bonchev–Trinajstić information content (AvgIpc) is 3.16. The van der Waals surface area contributed by atoms with Crippen molar-refractivity contribution in [3.63, 3.8) is 0 Å². The predicted molar refractivity (Wildman–Crippen MR) is 104 cm³/mol. The number of rotatable bonds is 5. The summed E-state index contributed by atoms with van der Waals surface area (Å²) in [5.41, 5.74) is 1.77.